The topological polar surface area (TPSA) is 56.0 Å². The van der Waals surface area contributed by atoms with Crippen LogP contribution in [0.2, 0.25) is 0 Å². The van der Waals surface area contributed by atoms with Crippen molar-refractivity contribution in [3.63, 3.8) is 0 Å². The van der Waals surface area contributed by atoms with E-state index in [1.54, 1.807) is 0 Å². The molecule has 4 aromatic heterocycles. The molecule has 0 aliphatic heterocycles. The van der Waals surface area contributed by atoms with Crippen molar-refractivity contribution in [3.05, 3.63) is 140 Å². The minimum absolute atomic E-state index is 0.690. The molecule has 0 unspecified atom stereocenters. The third kappa shape index (κ3) is 4.12. The maximum atomic E-state index is 5.05. The molecule has 5 heteroatoms. The van der Waals surface area contributed by atoms with Gasteiger partial charge in [0.2, 0.25) is 0 Å². The van der Waals surface area contributed by atoms with Crippen LogP contribution in [0.15, 0.2) is 140 Å². The van der Waals surface area contributed by atoms with E-state index in [9.17, 15) is 0 Å². The van der Waals surface area contributed by atoms with Crippen LogP contribution in [-0.4, -0.2) is 24.6 Å². The number of rotatable bonds is 4. The Kier molecular flexibility index (Phi) is 5.38. The van der Waals surface area contributed by atoms with E-state index in [0.717, 1.165) is 61.3 Å². The second-order valence-electron chi connectivity index (χ2n) is 10.0. The molecule has 0 spiro atoms. The van der Waals surface area contributed by atoms with Crippen molar-refractivity contribution in [3.8, 4) is 45.2 Å². The first-order valence-corrected chi connectivity index (χ1v) is 13.6. The zero-order chi connectivity index (χ0) is 27.2. The van der Waals surface area contributed by atoms with Gasteiger partial charge in [0.15, 0.2) is 11.5 Å². The number of hydrogen-bond donors (Lipinski definition) is 0. The van der Waals surface area contributed by atoms with Crippen LogP contribution in [0.1, 0.15) is 0 Å². The van der Waals surface area contributed by atoms with Gasteiger partial charge in [-0.05, 0) is 41.3 Å². The van der Waals surface area contributed by atoms with E-state index in [4.69, 9.17) is 20.1 Å². The van der Waals surface area contributed by atoms with E-state index < -0.39 is 0 Å². The Morgan fingerprint density at radius 3 is 1.95 bits per heavy atom. The van der Waals surface area contributed by atoms with E-state index in [1.807, 2.05) is 59.2 Å². The Labute approximate surface area is 236 Å². The molecule has 0 bridgehead atoms. The minimum Gasteiger partial charge on any atom is -0.246 e. The summed E-state index contributed by atoms with van der Waals surface area (Å²) in [7, 11) is 0. The zero-order valence-electron chi connectivity index (χ0n) is 22.0. The molecule has 41 heavy (non-hydrogen) atoms. The lowest BCUT2D eigenvalue weighted by Crippen LogP contribution is -1.93. The molecule has 0 amide bonds. The van der Waals surface area contributed by atoms with Gasteiger partial charge in [-0.25, -0.2) is 19.5 Å². The van der Waals surface area contributed by atoms with E-state index in [0.29, 0.717) is 5.82 Å². The van der Waals surface area contributed by atoms with Crippen LogP contribution in [0.4, 0.5) is 0 Å². The van der Waals surface area contributed by atoms with E-state index in [1.165, 1.54) is 5.39 Å². The van der Waals surface area contributed by atoms with Crippen LogP contribution >= 0.6 is 0 Å². The summed E-state index contributed by atoms with van der Waals surface area (Å²) in [5.41, 5.74) is 8.64. The number of benzene rings is 4. The monoisotopic (exact) mass is 525 g/mol. The van der Waals surface area contributed by atoms with Crippen LogP contribution in [0.3, 0.4) is 0 Å². The average molecular weight is 526 g/mol. The average Bonchev–Trinajstić information content (AvgIpc) is 3.49. The molecule has 192 valence electrons. The molecule has 4 aromatic carbocycles. The molecule has 0 fully saturated rings. The van der Waals surface area contributed by atoms with Crippen LogP contribution in [0, 0.1) is 0 Å². The lowest BCUT2D eigenvalue weighted by Gasteiger charge is -2.10. The fourth-order valence-corrected chi connectivity index (χ4v) is 5.42. The van der Waals surface area contributed by atoms with Crippen LogP contribution in [0.25, 0.3) is 72.5 Å². The lowest BCUT2D eigenvalue weighted by atomic mass is 10.0. The van der Waals surface area contributed by atoms with Crippen LogP contribution in [-0.2, 0) is 0 Å². The Morgan fingerprint density at radius 1 is 0.415 bits per heavy atom. The van der Waals surface area contributed by atoms with Crippen LogP contribution in [0.5, 0.6) is 0 Å². The summed E-state index contributed by atoms with van der Waals surface area (Å²) >= 11 is 0. The maximum absolute atomic E-state index is 5.05. The number of hydrogen-bond acceptors (Lipinski definition) is 4. The van der Waals surface area contributed by atoms with Gasteiger partial charge < -0.3 is 0 Å². The molecular weight excluding hydrogens is 502 g/mol. The first-order valence-electron chi connectivity index (χ1n) is 13.6. The second kappa shape index (κ2) is 9.50. The van der Waals surface area contributed by atoms with Gasteiger partial charge in [0.05, 0.1) is 22.6 Å². The maximum Gasteiger partial charge on any atom is 0.182 e. The lowest BCUT2D eigenvalue weighted by molar-refractivity contribution is 0.967. The van der Waals surface area contributed by atoms with Crippen molar-refractivity contribution in [2.45, 2.75) is 0 Å². The first kappa shape index (κ1) is 23.2. The normalized spacial score (nSPS) is 11.4. The van der Waals surface area contributed by atoms with Crippen molar-refractivity contribution in [1.29, 1.82) is 0 Å². The van der Waals surface area contributed by atoms with Crippen molar-refractivity contribution in [2.24, 2.45) is 0 Å². The standard InChI is InChI=1S/C36H23N5/c1-2-9-24(10-3-1)27-21-22-34-39-36(40-41(34)23-27)26-19-17-25(18-20-26)31-15-8-16-33(37-31)35-30-13-5-4-11-28(30)29-12-6-7-14-32(29)38-35/h1-23H. The number of fused-ring (bicyclic) bond motifs is 4. The fourth-order valence-electron chi connectivity index (χ4n) is 5.42. The highest BCUT2D eigenvalue weighted by Gasteiger charge is 2.13. The minimum atomic E-state index is 0.690. The highest BCUT2D eigenvalue weighted by atomic mass is 15.3. The highest BCUT2D eigenvalue weighted by molar-refractivity contribution is 6.10. The largest absolute Gasteiger partial charge is 0.246 e. The number of para-hydroxylation sites is 1. The molecule has 8 aromatic rings. The summed E-state index contributed by atoms with van der Waals surface area (Å²) in [6.07, 6.45) is 2.02. The van der Waals surface area contributed by atoms with Gasteiger partial charge >= 0.3 is 0 Å². The molecular formula is C36H23N5. The predicted molar refractivity (Wildman–Crippen MR) is 165 cm³/mol. The van der Waals surface area contributed by atoms with Gasteiger partial charge in [0, 0.05) is 33.7 Å². The Morgan fingerprint density at radius 2 is 1.10 bits per heavy atom. The number of pyridine rings is 3. The molecule has 5 nitrogen and oxygen atoms in total. The summed E-state index contributed by atoms with van der Waals surface area (Å²) < 4.78 is 1.84. The van der Waals surface area contributed by atoms with Crippen molar-refractivity contribution >= 4 is 27.3 Å². The van der Waals surface area contributed by atoms with E-state index in [2.05, 4.69) is 84.9 Å². The molecule has 0 saturated heterocycles. The molecule has 0 atom stereocenters. The zero-order valence-corrected chi connectivity index (χ0v) is 22.0. The molecule has 8 rings (SSSR count). The summed E-state index contributed by atoms with van der Waals surface area (Å²) in [5.74, 6) is 0.690. The Balaban J connectivity index is 1.14. The third-order valence-corrected chi connectivity index (χ3v) is 7.48. The number of aromatic nitrogens is 5. The van der Waals surface area contributed by atoms with Crippen LogP contribution < -0.4 is 0 Å². The van der Waals surface area contributed by atoms with Crippen molar-refractivity contribution < 1.29 is 0 Å². The van der Waals surface area contributed by atoms with E-state index >= 15 is 0 Å². The number of nitrogens with zero attached hydrogens (tertiary/aromatic N) is 5. The molecule has 0 aliphatic carbocycles. The molecule has 0 saturated carbocycles. The highest BCUT2D eigenvalue weighted by Crippen LogP contribution is 2.32. The van der Waals surface area contributed by atoms with Gasteiger partial charge in [-0.3, -0.25) is 0 Å². The summed E-state index contributed by atoms with van der Waals surface area (Å²) in [6, 6.07) is 45.4. The summed E-state index contributed by atoms with van der Waals surface area (Å²) in [4.78, 5) is 14.8. The summed E-state index contributed by atoms with van der Waals surface area (Å²) in [5, 5.41) is 8.19. The second-order valence-corrected chi connectivity index (χ2v) is 10.0. The molecule has 0 radical (unpaired) electrons. The third-order valence-electron chi connectivity index (χ3n) is 7.48. The molecule has 0 aliphatic rings. The molecule has 0 N–H and O–H groups in total. The smallest absolute Gasteiger partial charge is 0.182 e. The van der Waals surface area contributed by atoms with Gasteiger partial charge in [-0.1, -0.05) is 103 Å². The van der Waals surface area contributed by atoms with Gasteiger partial charge in [0.25, 0.3) is 0 Å². The first-order chi connectivity index (χ1) is 20.3. The SMILES string of the molecule is c1ccc(-c2ccc3nc(-c4ccc(-c5cccc(-c6nc7ccccc7c7ccccc67)n5)cc4)nn3c2)cc1. The van der Waals surface area contributed by atoms with Gasteiger partial charge in [0.1, 0.15) is 0 Å². The quantitative estimate of drug-likeness (QED) is 0.216. The van der Waals surface area contributed by atoms with Crippen molar-refractivity contribution in [2.75, 3.05) is 0 Å². The Bertz CT molecular complexity index is 2200. The van der Waals surface area contributed by atoms with Gasteiger partial charge in [-0.2, -0.15) is 0 Å². The van der Waals surface area contributed by atoms with Gasteiger partial charge in [-0.15, -0.1) is 5.10 Å². The van der Waals surface area contributed by atoms with Crippen molar-refractivity contribution in [1.82, 2.24) is 24.6 Å². The molecule has 4 heterocycles. The fraction of sp³-hybridized carbons (Fsp3) is 0. The summed E-state index contributed by atoms with van der Waals surface area (Å²) in [6.45, 7) is 0. The predicted octanol–water partition coefficient (Wildman–Crippen LogP) is 8.49. The van der Waals surface area contributed by atoms with E-state index in [-0.39, 0.29) is 0 Å². The Hall–Kier alpha value is -5.68.